The maximum absolute atomic E-state index is 3.82. The highest BCUT2D eigenvalue weighted by molar-refractivity contribution is 5.85. The fourth-order valence-corrected chi connectivity index (χ4v) is 10.4. The second-order valence-electron chi connectivity index (χ2n) is 14.2. The number of benzene rings is 1. The van der Waals surface area contributed by atoms with Gasteiger partial charge in [-0.2, -0.15) is 0 Å². The predicted molar refractivity (Wildman–Crippen MR) is 145 cm³/mol. The van der Waals surface area contributed by atoms with Gasteiger partial charge in [0.15, 0.2) is 0 Å². The molecule has 1 nitrogen and oxygen atoms in total. The number of hydrogen-bond donors (Lipinski definition) is 1. The zero-order valence-corrected chi connectivity index (χ0v) is 22.6. The Labute approximate surface area is 208 Å². The Bertz CT molecular complexity index is 1030. The highest BCUT2D eigenvalue weighted by Gasteiger charge is 2.60. The standard InChI is InChI=1S/C33H49N/c1-21(2)9-8-10-22(3)27-15-16-28-25-14-13-23-19-31-26(24-11-6-7-12-30(24)34-31)20-33(23,5)29(25)17-18-32(27,28)4/h6-7,11-12,21-23,25,27-29,34H,8-10,13-20H2,1-5H3/t22-,23+,25+,27-,28+,29+,32-,33+/m1/s1. The minimum absolute atomic E-state index is 0.503. The van der Waals surface area contributed by atoms with Gasteiger partial charge in [0, 0.05) is 16.6 Å². The molecule has 1 aromatic carbocycles. The third-order valence-corrected chi connectivity index (χ3v) is 12.2. The number of para-hydroxylation sites is 1. The number of aromatic nitrogens is 1. The van der Waals surface area contributed by atoms with E-state index in [0.717, 1.165) is 41.4 Å². The van der Waals surface area contributed by atoms with E-state index in [0.29, 0.717) is 10.8 Å². The molecule has 0 unspecified atom stereocenters. The fourth-order valence-electron chi connectivity index (χ4n) is 10.4. The van der Waals surface area contributed by atoms with Crippen LogP contribution in [-0.2, 0) is 12.8 Å². The van der Waals surface area contributed by atoms with Crippen LogP contribution in [0.15, 0.2) is 24.3 Å². The summed E-state index contributed by atoms with van der Waals surface area (Å²) in [6.45, 7) is 12.9. The highest BCUT2D eigenvalue weighted by Crippen LogP contribution is 2.68. The first-order chi connectivity index (χ1) is 16.3. The van der Waals surface area contributed by atoms with E-state index in [1.54, 1.807) is 11.3 Å². The third-order valence-electron chi connectivity index (χ3n) is 12.2. The molecule has 4 aliphatic carbocycles. The van der Waals surface area contributed by atoms with Crippen molar-refractivity contribution in [2.75, 3.05) is 0 Å². The van der Waals surface area contributed by atoms with Crippen LogP contribution in [0.1, 0.15) is 104 Å². The van der Waals surface area contributed by atoms with Crippen LogP contribution in [0.3, 0.4) is 0 Å². The van der Waals surface area contributed by atoms with Crippen LogP contribution >= 0.6 is 0 Å². The summed E-state index contributed by atoms with van der Waals surface area (Å²) >= 11 is 0. The molecular weight excluding hydrogens is 410 g/mol. The molecule has 186 valence electrons. The van der Waals surface area contributed by atoms with Crippen molar-refractivity contribution in [1.29, 1.82) is 0 Å². The average Bonchev–Trinajstić information content (AvgIpc) is 3.34. The number of aromatic amines is 1. The van der Waals surface area contributed by atoms with Crippen molar-refractivity contribution in [3.05, 3.63) is 35.5 Å². The minimum atomic E-state index is 0.503. The summed E-state index contributed by atoms with van der Waals surface area (Å²) in [4.78, 5) is 3.82. The molecule has 6 rings (SSSR count). The first-order valence-electron chi connectivity index (χ1n) is 14.9. The fraction of sp³-hybridized carbons (Fsp3) is 0.758. The summed E-state index contributed by atoms with van der Waals surface area (Å²) in [7, 11) is 0. The van der Waals surface area contributed by atoms with Crippen LogP contribution < -0.4 is 0 Å². The Morgan fingerprint density at radius 3 is 2.53 bits per heavy atom. The monoisotopic (exact) mass is 459 g/mol. The second-order valence-corrected chi connectivity index (χ2v) is 14.2. The van der Waals surface area contributed by atoms with Gasteiger partial charge in [0.1, 0.15) is 0 Å². The molecule has 0 bridgehead atoms. The topological polar surface area (TPSA) is 15.8 Å². The van der Waals surface area contributed by atoms with Gasteiger partial charge >= 0.3 is 0 Å². The minimum Gasteiger partial charge on any atom is -0.358 e. The predicted octanol–water partition coefficient (Wildman–Crippen LogP) is 9.20. The molecule has 1 aromatic heterocycles. The lowest BCUT2D eigenvalue weighted by Gasteiger charge is -2.60. The maximum Gasteiger partial charge on any atom is 0.0458 e. The second kappa shape index (κ2) is 8.41. The van der Waals surface area contributed by atoms with E-state index in [4.69, 9.17) is 0 Å². The summed E-state index contributed by atoms with van der Waals surface area (Å²) in [6, 6.07) is 9.09. The van der Waals surface area contributed by atoms with E-state index in [2.05, 4.69) is 63.9 Å². The van der Waals surface area contributed by atoms with Gasteiger partial charge in [-0.25, -0.2) is 0 Å². The van der Waals surface area contributed by atoms with Crippen molar-refractivity contribution in [2.45, 2.75) is 105 Å². The Morgan fingerprint density at radius 2 is 1.71 bits per heavy atom. The lowest BCUT2D eigenvalue weighted by atomic mass is 9.44. The first-order valence-corrected chi connectivity index (χ1v) is 14.9. The summed E-state index contributed by atoms with van der Waals surface area (Å²) in [5.74, 6) is 6.56. The Hall–Kier alpha value is -1.24. The van der Waals surface area contributed by atoms with Crippen LogP contribution in [0.2, 0.25) is 0 Å². The molecule has 1 N–H and O–H groups in total. The van der Waals surface area contributed by atoms with Gasteiger partial charge in [-0.05, 0) is 115 Å². The lowest BCUT2D eigenvalue weighted by molar-refractivity contribution is -0.103. The molecule has 0 saturated heterocycles. The zero-order chi connectivity index (χ0) is 23.7. The number of H-pyrrole nitrogens is 1. The van der Waals surface area contributed by atoms with Crippen LogP contribution in [0.5, 0.6) is 0 Å². The Balaban J connectivity index is 1.24. The van der Waals surface area contributed by atoms with E-state index in [1.165, 1.54) is 81.5 Å². The van der Waals surface area contributed by atoms with Crippen LogP contribution in [0.4, 0.5) is 0 Å². The van der Waals surface area contributed by atoms with E-state index >= 15 is 0 Å². The van der Waals surface area contributed by atoms with Crippen molar-refractivity contribution in [2.24, 2.45) is 52.3 Å². The van der Waals surface area contributed by atoms with Gasteiger partial charge in [0.05, 0.1) is 0 Å². The largest absolute Gasteiger partial charge is 0.358 e. The quantitative estimate of drug-likeness (QED) is 0.458. The normalized spacial score (nSPS) is 40.0. The number of fused-ring (bicyclic) bond motifs is 8. The average molecular weight is 460 g/mol. The van der Waals surface area contributed by atoms with Crippen LogP contribution in [0, 0.1) is 52.3 Å². The number of nitrogens with one attached hydrogen (secondary N) is 1. The molecular formula is C33H49N. The van der Waals surface area contributed by atoms with Gasteiger partial charge < -0.3 is 4.98 Å². The van der Waals surface area contributed by atoms with E-state index in [1.807, 2.05) is 0 Å². The van der Waals surface area contributed by atoms with Gasteiger partial charge in [0.25, 0.3) is 0 Å². The highest BCUT2D eigenvalue weighted by atomic mass is 14.8. The van der Waals surface area contributed by atoms with E-state index < -0.39 is 0 Å². The molecule has 1 heterocycles. The van der Waals surface area contributed by atoms with Gasteiger partial charge in [-0.3, -0.25) is 0 Å². The Kier molecular flexibility index (Phi) is 5.74. The van der Waals surface area contributed by atoms with E-state index in [-0.39, 0.29) is 0 Å². The van der Waals surface area contributed by atoms with Crippen molar-refractivity contribution in [3.63, 3.8) is 0 Å². The first kappa shape index (κ1) is 23.2. The molecule has 34 heavy (non-hydrogen) atoms. The SMILES string of the molecule is CC(C)CCC[C@@H](C)[C@H]1CC[C@H]2[C@@H]3CC[C@H]4Cc5[nH]c6ccccc6c5C[C@]4(C)[C@H]3CC[C@]12C. The maximum atomic E-state index is 3.82. The summed E-state index contributed by atoms with van der Waals surface area (Å²) in [5.41, 5.74) is 5.73. The van der Waals surface area contributed by atoms with Crippen molar-refractivity contribution >= 4 is 10.9 Å². The summed E-state index contributed by atoms with van der Waals surface area (Å²) < 4.78 is 0. The number of rotatable bonds is 5. The van der Waals surface area contributed by atoms with Crippen molar-refractivity contribution in [1.82, 2.24) is 4.98 Å². The zero-order valence-electron chi connectivity index (χ0n) is 22.6. The lowest BCUT2D eigenvalue weighted by Crippen LogP contribution is -2.54. The summed E-state index contributed by atoms with van der Waals surface area (Å²) in [6.07, 6.45) is 15.9. The molecule has 0 spiro atoms. The molecule has 3 fully saturated rings. The molecule has 1 heteroatoms. The molecule has 8 atom stereocenters. The van der Waals surface area contributed by atoms with Crippen LogP contribution in [0.25, 0.3) is 10.9 Å². The van der Waals surface area contributed by atoms with Gasteiger partial charge in [-0.1, -0.05) is 72.1 Å². The molecule has 0 aliphatic heterocycles. The van der Waals surface area contributed by atoms with Crippen molar-refractivity contribution in [3.8, 4) is 0 Å². The summed E-state index contributed by atoms with van der Waals surface area (Å²) in [5, 5.41) is 1.51. The third kappa shape index (κ3) is 3.46. The van der Waals surface area contributed by atoms with Gasteiger partial charge in [0.2, 0.25) is 0 Å². The molecule has 3 saturated carbocycles. The Morgan fingerprint density at radius 1 is 0.912 bits per heavy atom. The smallest absolute Gasteiger partial charge is 0.0458 e. The van der Waals surface area contributed by atoms with Crippen LogP contribution in [-0.4, -0.2) is 4.98 Å². The molecule has 4 aliphatic rings. The van der Waals surface area contributed by atoms with E-state index in [9.17, 15) is 0 Å². The molecule has 0 amide bonds. The molecule has 2 aromatic rings. The van der Waals surface area contributed by atoms with Gasteiger partial charge in [-0.15, -0.1) is 0 Å². The number of hydrogen-bond acceptors (Lipinski definition) is 0. The molecule has 0 radical (unpaired) electrons. The van der Waals surface area contributed by atoms with Crippen molar-refractivity contribution < 1.29 is 0 Å².